The second kappa shape index (κ2) is 15.5. The number of benzene rings is 8. The highest BCUT2D eigenvalue weighted by Crippen LogP contribution is 2.38. The Morgan fingerprint density at radius 1 is 0.279 bits per heavy atom. The number of fused-ring (bicyclic) bond motifs is 3. The van der Waals surface area contributed by atoms with Crippen LogP contribution in [0.15, 0.2) is 223 Å². The van der Waals surface area contributed by atoms with Crippen LogP contribution < -0.4 is 0 Å². The molecular weight excluding hydrogens is 745 g/mol. The van der Waals surface area contributed by atoms with Gasteiger partial charge in [-0.3, -0.25) is 0 Å². The van der Waals surface area contributed by atoms with Crippen molar-refractivity contribution in [2.24, 2.45) is 0 Å². The van der Waals surface area contributed by atoms with Crippen LogP contribution in [0, 0.1) is 0 Å². The van der Waals surface area contributed by atoms with Crippen LogP contribution in [0.3, 0.4) is 0 Å². The number of rotatable bonds is 8. The van der Waals surface area contributed by atoms with E-state index in [4.69, 9.17) is 24.4 Å². The molecule has 0 atom stereocenters. The number of furan rings is 1. The quantitative estimate of drug-likeness (QED) is 0.154. The zero-order valence-corrected chi connectivity index (χ0v) is 33.0. The smallest absolute Gasteiger partial charge is 0.180 e. The van der Waals surface area contributed by atoms with Gasteiger partial charge in [0.2, 0.25) is 0 Å². The van der Waals surface area contributed by atoms with Gasteiger partial charge in [-0.2, -0.15) is 0 Å². The lowest BCUT2D eigenvalue weighted by Gasteiger charge is -2.12. The molecule has 0 unspecified atom stereocenters. The second-order valence-electron chi connectivity index (χ2n) is 15.1. The molecule has 0 spiro atoms. The lowest BCUT2D eigenvalue weighted by Crippen LogP contribution is -1.96. The molecule has 0 N–H and O–H groups in total. The average Bonchev–Trinajstić information content (AvgIpc) is 3.73. The molecule has 11 aromatic rings. The Morgan fingerprint density at radius 2 is 0.672 bits per heavy atom. The molecule has 3 aromatic heterocycles. The van der Waals surface area contributed by atoms with Gasteiger partial charge >= 0.3 is 0 Å². The Balaban J connectivity index is 0.941. The third kappa shape index (κ3) is 7.04. The number of hydrogen-bond acceptors (Lipinski definition) is 5. The monoisotopic (exact) mass is 780 g/mol. The van der Waals surface area contributed by atoms with Gasteiger partial charge in [0.25, 0.3) is 0 Å². The zero-order chi connectivity index (χ0) is 40.5. The van der Waals surface area contributed by atoms with Crippen molar-refractivity contribution in [3.63, 3.8) is 0 Å². The first-order valence-electron chi connectivity index (χ1n) is 20.4. The summed E-state index contributed by atoms with van der Waals surface area (Å²) in [4.78, 5) is 20.2. The summed E-state index contributed by atoms with van der Waals surface area (Å²) in [7, 11) is 0. The van der Waals surface area contributed by atoms with Gasteiger partial charge in [0, 0.05) is 33.2 Å². The summed E-state index contributed by atoms with van der Waals surface area (Å²) >= 11 is 0. The molecule has 0 aliphatic heterocycles. The van der Waals surface area contributed by atoms with Crippen LogP contribution in [0.2, 0.25) is 0 Å². The van der Waals surface area contributed by atoms with E-state index >= 15 is 0 Å². The summed E-state index contributed by atoms with van der Waals surface area (Å²) in [5.41, 5.74) is 16.5. The van der Waals surface area contributed by atoms with Gasteiger partial charge in [-0.25, -0.2) is 19.9 Å². The molecule has 0 amide bonds. The molecule has 0 radical (unpaired) electrons. The molecule has 5 nitrogen and oxygen atoms in total. The molecule has 0 fully saturated rings. The molecule has 286 valence electrons. The van der Waals surface area contributed by atoms with E-state index in [2.05, 4.69) is 133 Å². The summed E-state index contributed by atoms with van der Waals surface area (Å²) < 4.78 is 6.45. The van der Waals surface area contributed by atoms with Gasteiger partial charge in [0.1, 0.15) is 16.8 Å². The van der Waals surface area contributed by atoms with Crippen LogP contribution in [0.25, 0.3) is 112 Å². The van der Waals surface area contributed by atoms with Crippen molar-refractivity contribution in [2.75, 3.05) is 0 Å². The van der Waals surface area contributed by atoms with Gasteiger partial charge in [0.15, 0.2) is 17.2 Å². The van der Waals surface area contributed by atoms with Gasteiger partial charge < -0.3 is 4.42 Å². The van der Waals surface area contributed by atoms with Crippen LogP contribution in [-0.2, 0) is 0 Å². The van der Waals surface area contributed by atoms with Crippen molar-refractivity contribution in [2.45, 2.75) is 0 Å². The maximum atomic E-state index is 6.45. The fourth-order valence-electron chi connectivity index (χ4n) is 8.03. The van der Waals surface area contributed by atoms with E-state index in [1.165, 1.54) is 0 Å². The van der Waals surface area contributed by atoms with E-state index in [0.29, 0.717) is 17.2 Å². The third-order valence-corrected chi connectivity index (χ3v) is 11.1. The second-order valence-corrected chi connectivity index (χ2v) is 15.1. The summed E-state index contributed by atoms with van der Waals surface area (Å²) in [5, 5.41) is 0.972. The van der Waals surface area contributed by atoms with Crippen LogP contribution in [0.1, 0.15) is 0 Å². The van der Waals surface area contributed by atoms with Crippen molar-refractivity contribution in [1.29, 1.82) is 0 Å². The number of nitrogens with zero attached hydrogens (tertiary/aromatic N) is 4. The lowest BCUT2D eigenvalue weighted by molar-refractivity contribution is 0.667. The normalized spacial score (nSPS) is 11.3. The van der Waals surface area contributed by atoms with E-state index in [-0.39, 0.29) is 0 Å². The molecular formula is C56H36N4O. The third-order valence-electron chi connectivity index (χ3n) is 11.1. The van der Waals surface area contributed by atoms with Gasteiger partial charge in [-0.05, 0) is 75.8 Å². The fraction of sp³-hybridized carbons (Fsp3) is 0. The molecule has 61 heavy (non-hydrogen) atoms. The highest BCUT2D eigenvalue weighted by atomic mass is 16.3. The highest BCUT2D eigenvalue weighted by Gasteiger charge is 2.19. The lowest BCUT2D eigenvalue weighted by atomic mass is 9.94. The molecule has 5 heteroatoms. The largest absolute Gasteiger partial charge is 0.452 e. The van der Waals surface area contributed by atoms with Crippen LogP contribution in [0.5, 0.6) is 0 Å². The SMILES string of the molecule is c1ccc(-c2cc(-c3cccc(-c4cccc(-c5cccc(-c6cccc(-c7nc(-c8ccccc8)nc8c7oc7ccccc78)c6)c5)c4)c3)nc(-c3ccccc3)n2)cc1. The summed E-state index contributed by atoms with van der Waals surface area (Å²) in [5.74, 6) is 1.37. The van der Waals surface area contributed by atoms with Crippen molar-refractivity contribution in [3.05, 3.63) is 218 Å². The Kier molecular flexibility index (Phi) is 9.10. The molecule has 0 bridgehead atoms. The van der Waals surface area contributed by atoms with E-state index in [0.717, 1.165) is 94.8 Å². The minimum atomic E-state index is 0.665. The average molecular weight is 781 g/mol. The van der Waals surface area contributed by atoms with Crippen LogP contribution >= 0.6 is 0 Å². The molecule has 3 heterocycles. The molecule has 8 aromatic carbocycles. The highest BCUT2D eigenvalue weighted by molar-refractivity contribution is 6.07. The molecule has 0 aliphatic carbocycles. The van der Waals surface area contributed by atoms with Gasteiger partial charge in [-0.1, -0.05) is 176 Å². The van der Waals surface area contributed by atoms with Crippen molar-refractivity contribution in [3.8, 4) is 89.9 Å². The first kappa shape index (κ1) is 35.8. The van der Waals surface area contributed by atoms with Crippen molar-refractivity contribution >= 4 is 22.1 Å². The minimum absolute atomic E-state index is 0.665. The van der Waals surface area contributed by atoms with Crippen molar-refractivity contribution < 1.29 is 4.42 Å². The first-order chi connectivity index (χ1) is 30.2. The van der Waals surface area contributed by atoms with E-state index in [1.54, 1.807) is 0 Å². The summed E-state index contributed by atoms with van der Waals surface area (Å²) in [6, 6.07) is 75.4. The maximum absolute atomic E-state index is 6.45. The van der Waals surface area contributed by atoms with Crippen molar-refractivity contribution in [1.82, 2.24) is 19.9 Å². The molecule has 0 saturated carbocycles. The van der Waals surface area contributed by atoms with E-state index < -0.39 is 0 Å². The van der Waals surface area contributed by atoms with E-state index in [1.807, 2.05) is 84.9 Å². The molecule has 11 rings (SSSR count). The predicted octanol–water partition coefficient (Wildman–Crippen LogP) is 14.5. The van der Waals surface area contributed by atoms with E-state index in [9.17, 15) is 0 Å². The number of aromatic nitrogens is 4. The summed E-state index contributed by atoms with van der Waals surface area (Å²) in [6.45, 7) is 0. The summed E-state index contributed by atoms with van der Waals surface area (Å²) in [6.07, 6.45) is 0. The van der Waals surface area contributed by atoms with Gasteiger partial charge in [0.05, 0.1) is 11.4 Å². The Hall–Kier alpha value is -8.28. The zero-order valence-electron chi connectivity index (χ0n) is 33.0. The number of para-hydroxylation sites is 1. The predicted molar refractivity (Wildman–Crippen MR) is 248 cm³/mol. The minimum Gasteiger partial charge on any atom is -0.452 e. The Bertz CT molecular complexity index is 3300. The standard InChI is InChI=1S/C56H36N4O/c1-4-16-37(17-5-1)49-36-50(58-55(57-49)38-18-6-2-7-19-38)46-28-14-26-44(34-46)42-24-12-22-40(32-42)41-23-13-25-43(33-41)45-27-15-29-47(35-45)52-54-53(48-30-10-11-31-51(48)61-54)60-56(59-52)39-20-8-3-9-21-39/h1-36H. The van der Waals surface area contributed by atoms with Crippen LogP contribution in [0.4, 0.5) is 0 Å². The topological polar surface area (TPSA) is 64.7 Å². The van der Waals surface area contributed by atoms with Gasteiger partial charge in [-0.15, -0.1) is 0 Å². The molecule has 0 aliphatic rings. The first-order valence-corrected chi connectivity index (χ1v) is 20.4. The van der Waals surface area contributed by atoms with Crippen LogP contribution in [-0.4, -0.2) is 19.9 Å². The fourth-order valence-corrected chi connectivity index (χ4v) is 8.03. The Morgan fingerprint density at radius 3 is 1.23 bits per heavy atom. The number of hydrogen-bond donors (Lipinski definition) is 0. The molecule has 0 saturated heterocycles. The Labute approximate surface area is 353 Å². The maximum Gasteiger partial charge on any atom is 0.180 e.